The van der Waals surface area contributed by atoms with Crippen LogP contribution < -0.4 is 5.73 Å². The van der Waals surface area contributed by atoms with Gasteiger partial charge in [0.15, 0.2) is 0 Å². The summed E-state index contributed by atoms with van der Waals surface area (Å²) in [5.74, 6) is 0.539. The lowest BCUT2D eigenvalue weighted by Crippen LogP contribution is -2.49. The summed E-state index contributed by atoms with van der Waals surface area (Å²) in [5, 5.41) is 0. The summed E-state index contributed by atoms with van der Waals surface area (Å²) in [6.45, 7) is 4.01. The molecule has 162 valence electrons. The molecule has 2 amide bonds. The van der Waals surface area contributed by atoms with E-state index in [0.29, 0.717) is 31.8 Å². The van der Waals surface area contributed by atoms with Crippen molar-refractivity contribution < 1.29 is 9.59 Å². The van der Waals surface area contributed by atoms with Gasteiger partial charge in [-0.3, -0.25) is 9.59 Å². The Hall–Kier alpha value is -1.14. The summed E-state index contributed by atoms with van der Waals surface area (Å²) < 4.78 is 0. The predicted molar refractivity (Wildman–Crippen MR) is 121 cm³/mol. The van der Waals surface area contributed by atoms with Gasteiger partial charge < -0.3 is 15.5 Å². The zero-order chi connectivity index (χ0) is 20.5. The molecule has 4 rings (SSSR count). The summed E-state index contributed by atoms with van der Waals surface area (Å²) in [7, 11) is 1.75. The van der Waals surface area contributed by atoms with Gasteiger partial charge in [-0.2, -0.15) is 0 Å². The first-order valence-corrected chi connectivity index (χ1v) is 12.5. The van der Waals surface area contributed by atoms with Crippen molar-refractivity contribution in [3.63, 3.8) is 0 Å². The smallest absolute Gasteiger partial charge is 0.227 e. The maximum Gasteiger partial charge on any atom is 0.227 e. The molecule has 2 spiro atoms. The molecular weight excluding hydrogens is 382 g/mol. The fourth-order valence-corrected chi connectivity index (χ4v) is 7.83. The van der Waals surface area contributed by atoms with E-state index in [-0.39, 0.29) is 16.7 Å². The Morgan fingerprint density at radius 2 is 1.24 bits per heavy atom. The van der Waals surface area contributed by atoms with Crippen LogP contribution in [0.15, 0.2) is 0 Å². The van der Waals surface area contributed by atoms with Gasteiger partial charge in [-0.1, -0.05) is 32.6 Å². The molecule has 2 N–H and O–H groups in total. The number of nitrogens with two attached hydrogens (primary N) is 1. The summed E-state index contributed by atoms with van der Waals surface area (Å²) in [4.78, 5) is 32.5. The lowest BCUT2D eigenvalue weighted by Gasteiger charge is -2.41. The van der Waals surface area contributed by atoms with Crippen LogP contribution in [0.4, 0.5) is 0 Å². The van der Waals surface area contributed by atoms with Crippen LogP contribution in [0.3, 0.4) is 0 Å². The number of nitrogens with zero attached hydrogens (tertiary/aromatic N) is 2. The van der Waals surface area contributed by atoms with E-state index in [9.17, 15) is 9.59 Å². The van der Waals surface area contributed by atoms with Gasteiger partial charge in [0.2, 0.25) is 11.8 Å². The van der Waals surface area contributed by atoms with Crippen molar-refractivity contribution >= 4 is 32.7 Å². The molecule has 0 aromatic rings. The second kappa shape index (κ2) is 8.54. The van der Waals surface area contributed by atoms with Crippen LogP contribution in [-0.4, -0.2) is 51.2 Å². The molecule has 29 heavy (non-hydrogen) atoms. The molecule has 2 heterocycles. The van der Waals surface area contributed by atoms with E-state index in [0.717, 1.165) is 43.6 Å². The van der Waals surface area contributed by atoms with Crippen LogP contribution in [0.25, 0.3) is 0 Å². The first-order valence-electron chi connectivity index (χ1n) is 11.7. The first kappa shape index (κ1) is 21.1. The van der Waals surface area contributed by atoms with E-state index in [4.69, 9.17) is 5.73 Å². The van der Waals surface area contributed by atoms with E-state index in [1.54, 1.807) is 10.9 Å². The lowest BCUT2D eigenvalue weighted by molar-refractivity contribution is -0.132. The average Bonchev–Trinajstić information content (AvgIpc) is 3.31. The van der Waals surface area contributed by atoms with Crippen molar-refractivity contribution in [2.24, 2.45) is 16.6 Å². The molecule has 0 aromatic carbocycles. The molecule has 2 saturated carbocycles. The maximum atomic E-state index is 13.1. The summed E-state index contributed by atoms with van der Waals surface area (Å²) in [6.07, 6.45) is 14.0. The molecule has 0 bridgehead atoms. The van der Waals surface area contributed by atoms with E-state index in [2.05, 4.69) is 6.92 Å². The molecular formula is C23H37N3O2S. The first-order chi connectivity index (χ1) is 14.0. The highest BCUT2D eigenvalue weighted by molar-refractivity contribution is 7.98. The summed E-state index contributed by atoms with van der Waals surface area (Å²) in [5.41, 5.74) is 6.20. The number of carbonyl (C=O) groups excluding carboxylic acids is 2. The van der Waals surface area contributed by atoms with E-state index < -0.39 is 0 Å². The minimum Gasteiger partial charge on any atom is -0.329 e. The number of carbonyl (C=O) groups is 2. The van der Waals surface area contributed by atoms with Crippen LogP contribution in [0.5, 0.6) is 0 Å². The Kier molecular flexibility index (Phi) is 6.22. The molecule has 0 aromatic heterocycles. The largest absolute Gasteiger partial charge is 0.329 e. The van der Waals surface area contributed by atoms with E-state index >= 15 is 0 Å². The number of hydrogen-bond donors (Lipinski definition) is 1. The highest BCUT2D eigenvalue weighted by Gasteiger charge is 2.45. The molecule has 0 atom stereocenters. The van der Waals surface area contributed by atoms with Crippen molar-refractivity contribution in [3.05, 3.63) is 0 Å². The fraction of sp³-hybridized carbons (Fsp3) is 0.826. The topological polar surface area (TPSA) is 66.6 Å². The van der Waals surface area contributed by atoms with Gasteiger partial charge in [-0.05, 0) is 42.9 Å². The van der Waals surface area contributed by atoms with Crippen molar-refractivity contribution in [2.45, 2.75) is 90.4 Å². The number of piperidine rings is 2. The molecule has 0 radical (unpaired) electrons. The van der Waals surface area contributed by atoms with Gasteiger partial charge in [0.05, 0.1) is 9.98 Å². The normalized spacial score (nSPS) is 26.3. The third kappa shape index (κ3) is 4.20. The zero-order valence-electron chi connectivity index (χ0n) is 18.0. The Bertz CT molecular complexity index is 670. The molecule has 6 heteroatoms. The van der Waals surface area contributed by atoms with Crippen LogP contribution >= 0.6 is 10.9 Å². The highest BCUT2D eigenvalue weighted by Crippen LogP contribution is 2.49. The van der Waals surface area contributed by atoms with Crippen LogP contribution in [0.2, 0.25) is 0 Å². The Balaban J connectivity index is 1.76. The van der Waals surface area contributed by atoms with Gasteiger partial charge in [-0.15, -0.1) is 10.9 Å². The van der Waals surface area contributed by atoms with Gasteiger partial charge in [0, 0.05) is 45.3 Å². The van der Waals surface area contributed by atoms with Crippen LogP contribution in [0, 0.1) is 10.8 Å². The van der Waals surface area contributed by atoms with Crippen molar-refractivity contribution in [2.75, 3.05) is 19.6 Å². The highest BCUT2D eigenvalue weighted by atomic mass is 32.1. The van der Waals surface area contributed by atoms with Crippen molar-refractivity contribution in [1.82, 2.24) is 9.80 Å². The Morgan fingerprint density at radius 3 is 1.66 bits per heavy atom. The zero-order valence-corrected chi connectivity index (χ0v) is 18.8. The standard InChI is InChI=1S/C23H37N3O2S/c1-2-12-25-18(27)14-22(7-3-4-8-22)16-20(25)29-21-17-23(9-5-6-10-23)15-19(28)26(21)13-11-24/h2-17,24H2,1H3. The number of likely N-dealkylation sites (tertiary alicyclic amines) is 2. The Morgan fingerprint density at radius 1 is 0.793 bits per heavy atom. The second-order valence-corrected chi connectivity index (χ2v) is 11.0. The summed E-state index contributed by atoms with van der Waals surface area (Å²) >= 11 is 0. The second-order valence-electron chi connectivity index (χ2n) is 9.89. The quantitative estimate of drug-likeness (QED) is 0.706. The maximum absolute atomic E-state index is 13.1. The van der Waals surface area contributed by atoms with Gasteiger partial charge in [0.25, 0.3) is 0 Å². The Labute approximate surface area is 178 Å². The fourth-order valence-electron chi connectivity index (χ4n) is 6.20. The molecule has 2 saturated heterocycles. The third-order valence-corrected chi connectivity index (χ3v) is 8.87. The van der Waals surface area contributed by atoms with Crippen molar-refractivity contribution in [1.29, 1.82) is 0 Å². The SMILES string of the molecule is CCCN1C(=O)CC2(CCCC2)CC1=S=C1CC2(CCCC2)CC(=O)N1CCN. The minimum atomic E-state index is 0.157. The molecule has 0 unspecified atom stereocenters. The van der Waals surface area contributed by atoms with Crippen LogP contribution in [-0.2, 0) is 9.59 Å². The number of hydrogen-bond acceptors (Lipinski definition) is 3. The van der Waals surface area contributed by atoms with Gasteiger partial charge in [-0.25, -0.2) is 0 Å². The molecule has 2 aliphatic carbocycles. The predicted octanol–water partition coefficient (Wildman–Crippen LogP) is 3.71. The van der Waals surface area contributed by atoms with Gasteiger partial charge >= 0.3 is 0 Å². The van der Waals surface area contributed by atoms with Crippen LogP contribution in [0.1, 0.15) is 90.4 Å². The molecule has 4 fully saturated rings. The molecule has 2 aliphatic heterocycles. The number of amides is 2. The monoisotopic (exact) mass is 419 g/mol. The molecule has 5 nitrogen and oxygen atoms in total. The number of rotatable bonds is 4. The van der Waals surface area contributed by atoms with E-state index in [1.807, 2.05) is 9.80 Å². The van der Waals surface area contributed by atoms with Crippen molar-refractivity contribution in [3.8, 4) is 0 Å². The molecule has 4 aliphatic rings. The van der Waals surface area contributed by atoms with Gasteiger partial charge in [0.1, 0.15) is 0 Å². The third-order valence-electron chi connectivity index (χ3n) is 7.67. The average molecular weight is 420 g/mol. The summed E-state index contributed by atoms with van der Waals surface area (Å²) in [6, 6.07) is 0. The van der Waals surface area contributed by atoms with E-state index in [1.165, 1.54) is 43.5 Å². The minimum absolute atomic E-state index is 0.157. The lowest BCUT2D eigenvalue weighted by atomic mass is 9.76.